The maximum Gasteiger partial charge on any atom is 0.414 e. The van der Waals surface area contributed by atoms with Crippen molar-refractivity contribution < 1.29 is 59.8 Å². The summed E-state index contributed by atoms with van der Waals surface area (Å²) < 4.78 is 24.5. The van der Waals surface area contributed by atoms with Gasteiger partial charge in [0, 0.05) is 22.9 Å². The minimum Gasteiger partial charge on any atom is -1.00 e. The first-order valence-corrected chi connectivity index (χ1v) is 19.4. The Bertz CT molecular complexity index is 2170. The zero-order valence-electron chi connectivity index (χ0n) is 32.1. The van der Waals surface area contributed by atoms with Gasteiger partial charge in [-0.05, 0) is 70.6 Å². The number of aromatic nitrogens is 5. The molecule has 1 fully saturated rings. The van der Waals surface area contributed by atoms with Gasteiger partial charge in [0.1, 0.15) is 48.4 Å². The Morgan fingerprint density at radius 2 is 1.89 bits per heavy atom. The Labute approximate surface area is 347 Å². The van der Waals surface area contributed by atoms with Gasteiger partial charge in [0.25, 0.3) is 11.8 Å². The number of β-lactam (4-membered cyclic amide) rings is 1. The summed E-state index contributed by atoms with van der Waals surface area (Å²) in [5.41, 5.74) is 2.11. The van der Waals surface area contributed by atoms with Crippen LogP contribution in [0, 0.1) is 0 Å². The lowest BCUT2D eigenvalue weighted by Crippen LogP contribution is -3.00. The van der Waals surface area contributed by atoms with Gasteiger partial charge in [-0.1, -0.05) is 17.3 Å². The van der Waals surface area contributed by atoms with Gasteiger partial charge in [-0.15, -0.1) is 16.7 Å². The Morgan fingerprint density at radius 3 is 2.60 bits per heavy atom. The molecular weight excluding hydrogens is 844 g/mol. The zero-order valence-corrected chi connectivity index (χ0v) is 35.3. The van der Waals surface area contributed by atoms with Crippen molar-refractivity contribution in [1.82, 2.24) is 34.4 Å². The lowest BCUT2D eigenvalue weighted by atomic mass is 10.0. The first-order valence-electron chi connectivity index (χ1n) is 17.6. The van der Waals surface area contributed by atoms with E-state index < -0.39 is 40.9 Å². The van der Waals surface area contributed by atoms with Gasteiger partial charge in [-0.25, -0.2) is 14.2 Å². The van der Waals surface area contributed by atoms with E-state index in [4.69, 9.17) is 19.0 Å². The maximum atomic E-state index is 14.0. The minimum absolute atomic E-state index is 0. The summed E-state index contributed by atoms with van der Waals surface area (Å²) in [4.78, 5) is 68.9. The monoisotopic (exact) mass is 886 g/mol. The van der Waals surface area contributed by atoms with Crippen molar-refractivity contribution in [3.05, 3.63) is 71.6 Å². The topological polar surface area (TPSA) is 204 Å². The predicted octanol–water partition coefficient (Wildman–Crippen LogP) is -0.407. The Balaban J connectivity index is 0.00000620. The molecule has 21 heteroatoms. The van der Waals surface area contributed by atoms with Crippen molar-refractivity contribution in [3.8, 4) is 5.75 Å². The molecule has 2 unspecified atom stereocenters. The number of hydrogen-bond donors (Lipinski definition) is 3. The van der Waals surface area contributed by atoms with Gasteiger partial charge >= 0.3 is 17.7 Å². The molecule has 2 aliphatic rings. The highest BCUT2D eigenvalue weighted by Crippen LogP contribution is 2.41. The first-order chi connectivity index (χ1) is 26.9. The largest absolute Gasteiger partial charge is 1.00 e. The third kappa shape index (κ3) is 10.1. The van der Waals surface area contributed by atoms with Gasteiger partial charge in [-0.2, -0.15) is 9.36 Å². The van der Waals surface area contributed by atoms with E-state index in [0.717, 1.165) is 47.8 Å². The van der Waals surface area contributed by atoms with E-state index in [9.17, 15) is 19.2 Å². The number of nitrogens with one attached hydrogen (secondary N) is 3. The highest BCUT2D eigenvalue weighted by atomic mass is 79.9. The van der Waals surface area contributed by atoms with Crippen LogP contribution in [-0.4, -0.2) is 104 Å². The number of hydrogen-bond acceptors (Lipinski definition) is 15. The Morgan fingerprint density at radius 1 is 1.12 bits per heavy atom. The fourth-order valence-corrected chi connectivity index (χ4v) is 7.91. The number of amides is 3. The summed E-state index contributed by atoms with van der Waals surface area (Å²) >= 11 is 2.20. The number of carbonyl (C=O) groups excluding carboxylic acids is 4. The van der Waals surface area contributed by atoms with Crippen molar-refractivity contribution in [2.45, 2.75) is 63.9 Å². The Kier molecular flexibility index (Phi) is 14.2. The molecule has 4 aromatic rings. The third-order valence-electron chi connectivity index (χ3n) is 8.51. The molecule has 18 nitrogen and oxygen atoms in total. The molecule has 1 saturated heterocycles. The molecule has 3 N–H and O–H groups in total. The molecule has 0 aliphatic carbocycles. The van der Waals surface area contributed by atoms with Crippen LogP contribution in [0.3, 0.4) is 0 Å². The number of methoxy groups -OCH3 is 1. The lowest BCUT2D eigenvalue weighted by molar-refractivity contribution is -0.665. The molecule has 3 amide bonds. The van der Waals surface area contributed by atoms with Gasteiger partial charge < -0.3 is 46.7 Å². The van der Waals surface area contributed by atoms with Crippen LogP contribution in [0.4, 0.5) is 9.93 Å². The van der Waals surface area contributed by atoms with Crippen LogP contribution in [0.1, 0.15) is 38.6 Å². The van der Waals surface area contributed by atoms with Gasteiger partial charge in [0.2, 0.25) is 16.7 Å². The second kappa shape index (κ2) is 18.9. The molecule has 0 bridgehead atoms. The van der Waals surface area contributed by atoms with E-state index in [2.05, 4.69) is 40.0 Å². The molecule has 2 aliphatic heterocycles. The smallest absolute Gasteiger partial charge is 0.414 e. The van der Waals surface area contributed by atoms with Crippen molar-refractivity contribution in [1.29, 1.82) is 0 Å². The average Bonchev–Trinajstić information content (AvgIpc) is 3.78. The number of esters is 1. The molecule has 1 aromatic carbocycles. The molecule has 6 rings (SSSR count). The molecule has 5 heterocycles. The number of rotatable bonds is 15. The fourth-order valence-electron chi connectivity index (χ4n) is 6.02. The van der Waals surface area contributed by atoms with E-state index in [1.54, 1.807) is 58.3 Å². The zero-order chi connectivity index (χ0) is 40.0. The van der Waals surface area contributed by atoms with Gasteiger partial charge in [0.05, 0.1) is 20.2 Å². The van der Waals surface area contributed by atoms with E-state index in [1.807, 2.05) is 30.1 Å². The number of benzene rings is 1. The molecule has 0 saturated carbocycles. The van der Waals surface area contributed by atoms with Crippen molar-refractivity contribution in [2.24, 2.45) is 5.16 Å². The van der Waals surface area contributed by atoms with Crippen LogP contribution in [-0.2, 0) is 48.4 Å². The number of halogens is 1. The third-order valence-corrected chi connectivity index (χ3v) is 10.5. The van der Waals surface area contributed by atoms with Crippen LogP contribution in [0.15, 0.2) is 65.3 Å². The summed E-state index contributed by atoms with van der Waals surface area (Å²) in [6.45, 7) is 6.96. The van der Waals surface area contributed by atoms with Gasteiger partial charge in [0.15, 0.2) is 11.8 Å². The predicted molar refractivity (Wildman–Crippen MR) is 207 cm³/mol. The maximum absolute atomic E-state index is 14.0. The van der Waals surface area contributed by atoms with Crippen molar-refractivity contribution in [2.75, 3.05) is 38.9 Å². The minimum atomic E-state index is -1.03. The Hall–Kier alpha value is -5.12. The van der Waals surface area contributed by atoms with Gasteiger partial charge in [-0.3, -0.25) is 24.4 Å². The summed E-state index contributed by atoms with van der Waals surface area (Å²) in [6.07, 6.45) is 3.83. The summed E-state index contributed by atoms with van der Waals surface area (Å²) in [5, 5.41) is 11.6. The summed E-state index contributed by atoms with van der Waals surface area (Å²) in [7, 11) is 4.72. The van der Waals surface area contributed by atoms with Crippen LogP contribution in [0.5, 0.6) is 5.75 Å². The molecule has 57 heavy (non-hydrogen) atoms. The highest BCUT2D eigenvalue weighted by Gasteiger charge is 2.55. The second-order valence-electron chi connectivity index (χ2n) is 13.6. The molecule has 304 valence electrons. The van der Waals surface area contributed by atoms with E-state index >= 15 is 0 Å². The quantitative estimate of drug-likeness (QED) is 0.0348. The van der Waals surface area contributed by atoms with Crippen LogP contribution in [0.2, 0.25) is 0 Å². The fraction of sp³-hybridized carbons (Fsp3) is 0.417. The normalized spacial score (nSPS) is 16.6. The first kappa shape index (κ1) is 43.0. The number of anilines is 1. The number of nitrogens with zero attached hydrogens (tertiary/aromatic N) is 7. The standard InChI is InChI=1S/C36H42N10O8S2.BrH/c1-36(2,3)54-35(50)41-34-40-28(43-56-34)25(42-52-6)30(47)39-26-31(48)46-27(33(49)53-18-21-10-12-23(51-5)13-11-21)22(19-55-32(26)46)17-45-20-44(16-8-14-37-4)24-9-7-15-38-29(24)45;/h7,9-13,15,20,26,32,37H,8,14,16-19H2,1-6H3,(H-,39,40,41,43,47,50);1H/b42-25-;. The second-order valence-corrected chi connectivity index (χ2v) is 15.5. The van der Waals surface area contributed by atoms with Crippen molar-refractivity contribution >= 4 is 69.2 Å². The number of pyridine rings is 1. The highest BCUT2D eigenvalue weighted by molar-refractivity contribution is 8.00. The SMILES string of the molecule is CNCCCn1c[n+](CC2=C(C(=O)OCc3ccc(OC)cc3)N3C(=O)C(NC(=O)/C(=N\OC)c4nsc(NC(=O)OC(C)(C)C)n4)C3SC2)c2ncccc21.[Br-]. The average molecular weight is 888 g/mol. The molecule has 2 atom stereocenters. The van der Waals surface area contributed by atoms with E-state index in [1.165, 1.54) is 23.8 Å². The van der Waals surface area contributed by atoms with E-state index in [-0.39, 0.29) is 52.5 Å². The number of imidazole rings is 1. The number of thioether (sulfide) groups is 1. The molecule has 0 spiro atoms. The lowest BCUT2D eigenvalue weighted by Gasteiger charge is -2.49. The number of oxime groups is 1. The van der Waals surface area contributed by atoms with Crippen LogP contribution < -0.4 is 42.2 Å². The van der Waals surface area contributed by atoms with Crippen LogP contribution >= 0.6 is 23.3 Å². The summed E-state index contributed by atoms with van der Waals surface area (Å²) in [6, 6.07) is 9.96. The molecule has 0 radical (unpaired) electrons. The van der Waals surface area contributed by atoms with Crippen molar-refractivity contribution in [3.63, 3.8) is 0 Å². The molecule has 3 aromatic heterocycles. The molecular formula is C36H43BrN10O8S2. The van der Waals surface area contributed by atoms with Crippen LogP contribution in [0.25, 0.3) is 11.2 Å². The number of aryl methyl sites for hydroxylation is 1. The number of ether oxygens (including phenoxy) is 3. The van der Waals surface area contributed by atoms with E-state index in [0.29, 0.717) is 17.1 Å². The summed E-state index contributed by atoms with van der Waals surface area (Å²) in [5.74, 6) is -1.11. The number of fused-ring (bicyclic) bond motifs is 2. The number of carbonyl (C=O) groups is 4.